The van der Waals surface area contributed by atoms with E-state index in [1.807, 2.05) is 72.8 Å². The molecule has 5 heteroatoms. The highest BCUT2D eigenvalue weighted by Crippen LogP contribution is 2.49. The van der Waals surface area contributed by atoms with Crippen LogP contribution in [-0.2, 0) is 23.4 Å². The number of hydrogen-bond donors (Lipinski definition) is 0. The maximum atomic E-state index is 13.1. The van der Waals surface area contributed by atoms with Gasteiger partial charge in [0.25, 0.3) is 0 Å². The highest BCUT2D eigenvalue weighted by molar-refractivity contribution is 9.10. The molecule has 0 N–H and O–H groups in total. The summed E-state index contributed by atoms with van der Waals surface area (Å²) in [5, 5.41) is 0. The molecular formula is C23H21BrN2O2. The predicted octanol–water partition coefficient (Wildman–Crippen LogP) is 5.67. The van der Waals surface area contributed by atoms with Crippen molar-refractivity contribution in [2.45, 2.75) is 31.5 Å². The Labute approximate surface area is 173 Å². The van der Waals surface area contributed by atoms with E-state index in [4.69, 9.17) is 4.74 Å². The van der Waals surface area contributed by atoms with Crippen molar-refractivity contribution in [1.29, 1.82) is 0 Å². The lowest BCUT2D eigenvalue weighted by atomic mass is 10.2. The highest BCUT2D eigenvalue weighted by atomic mass is 79.9. The van der Waals surface area contributed by atoms with Gasteiger partial charge in [-0.15, -0.1) is 0 Å². The van der Waals surface area contributed by atoms with Crippen LogP contribution >= 0.6 is 15.9 Å². The maximum Gasteiger partial charge on any atom is 0.411 e. The molecule has 0 radical (unpaired) electrons. The fraction of sp³-hybridized carbons (Fsp3) is 0.217. The van der Waals surface area contributed by atoms with Crippen molar-refractivity contribution in [3.63, 3.8) is 0 Å². The van der Waals surface area contributed by atoms with Gasteiger partial charge in [-0.3, -0.25) is 9.88 Å². The van der Waals surface area contributed by atoms with Crippen LogP contribution in [-0.4, -0.2) is 16.0 Å². The summed E-state index contributed by atoms with van der Waals surface area (Å²) >= 11 is 3.40. The molecule has 0 spiro atoms. The molecule has 28 heavy (non-hydrogen) atoms. The van der Waals surface area contributed by atoms with Crippen LogP contribution in [0.3, 0.4) is 0 Å². The van der Waals surface area contributed by atoms with E-state index in [-0.39, 0.29) is 6.09 Å². The van der Waals surface area contributed by atoms with E-state index in [0.29, 0.717) is 13.1 Å². The zero-order chi connectivity index (χ0) is 19.4. The van der Waals surface area contributed by atoms with Gasteiger partial charge >= 0.3 is 6.09 Å². The van der Waals surface area contributed by atoms with Crippen molar-refractivity contribution >= 4 is 22.0 Å². The summed E-state index contributed by atoms with van der Waals surface area (Å²) in [7, 11) is 0. The minimum absolute atomic E-state index is 0.310. The summed E-state index contributed by atoms with van der Waals surface area (Å²) in [6.07, 6.45) is 3.04. The van der Waals surface area contributed by atoms with Gasteiger partial charge in [0, 0.05) is 23.8 Å². The van der Waals surface area contributed by atoms with Crippen molar-refractivity contribution in [3.05, 3.63) is 100 Å². The predicted molar refractivity (Wildman–Crippen MR) is 111 cm³/mol. The van der Waals surface area contributed by atoms with Crippen LogP contribution in [0.1, 0.15) is 29.7 Å². The molecule has 1 aliphatic carbocycles. The first-order chi connectivity index (χ1) is 13.6. The lowest BCUT2D eigenvalue weighted by Crippen LogP contribution is -2.34. The SMILES string of the molecule is O=C(OC1(c2ccc(Br)cn2)CC1)N(Cc1ccccc1)Cc1ccccc1. The molecule has 4 nitrogen and oxygen atoms in total. The number of nitrogens with zero attached hydrogens (tertiary/aromatic N) is 2. The second-order valence-corrected chi connectivity index (χ2v) is 7.97. The first kappa shape index (κ1) is 18.7. The van der Waals surface area contributed by atoms with Crippen molar-refractivity contribution < 1.29 is 9.53 Å². The molecule has 142 valence electrons. The van der Waals surface area contributed by atoms with Crippen molar-refractivity contribution in [2.24, 2.45) is 0 Å². The van der Waals surface area contributed by atoms with E-state index in [1.54, 1.807) is 11.1 Å². The third-order valence-corrected chi connectivity index (χ3v) is 5.34. The molecule has 0 saturated heterocycles. The molecule has 2 aromatic carbocycles. The van der Waals surface area contributed by atoms with Crippen molar-refractivity contribution in [2.75, 3.05) is 0 Å². The van der Waals surface area contributed by atoms with Crippen LogP contribution in [0.2, 0.25) is 0 Å². The van der Waals surface area contributed by atoms with Crippen LogP contribution in [0.4, 0.5) is 4.79 Å². The van der Waals surface area contributed by atoms with Crippen molar-refractivity contribution in [1.82, 2.24) is 9.88 Å². The Morgan fingerprint density at radius 1 is 0.929 bits per heavy atom. The highest BCUT2D eigenvalue weighted by Gasteiger charge is 2.50. The van der Waals surface area contributed by atoms with Crippen molar-refractivity contribution in [3.8, 4) is 0 Å². The van der Waals surface area contributed by atoms with Gasteiger partial charge in [0.2, 0.25) is 0 Å². The molecule has 1 saturated carbocycles. The zero-order valence-corrected chi connectivity index (χ0v) is 17.0. The van der Waals surface area contributed by atoms with Gasteiger partial charge in [0.1, 0.15) is 0 Å². The monoisotopic (exact) mass is 436 g/mol. The molecule has 0 aliphatic heterocycles. The number of hydrogen-bond acceptors (Lipinski definition) is 3. The Morgan fingerprint density at radius 3 is 1.96 bits per heavy atom. The Hall–Kier alpha value is -2.66. The smallest absolute Gasteiger partial charge is 0.411 e. The number of aromatic nitrogens is 1. The van der Waals surface area contributed by atoms with Crippen LogP contribution in [0, 0.1) is 0 Å². The Balaban J connectivity index is 1.53. The summed E-state index contributed by atoms with van der Waals surface area (Å²) < 4.78 is 6.90. The summed E-state index contributed by atoms with van der Waals surface area (Å²) in [5.41, 5.74) is 2.36. The molecule has 1 amide bonds. The second kappa shape index (κ2) is 8.15. The summed E-state index contributed by atoms with van der Waals surface area (Å²) in [5.74, 6) is 0. The summed E-state index contributed by atoms with van der Waals surface area (Å²) in [6, 6.07) is 23.8. The van der Waals surface area contributed by atoms with E-state index >= 15 is 0 Å². The van der Waals surface area contributed by atoms with E-state index in [1.165, 1.54) is 0 Å². The molecule has 1 aliphatic rings. The van der Waals surface area contributed by atoms with Gasteiger partial charge in [-0.05, 0) is 52.0 Å². The normalized spacial score (nSPS) is 14.3. The Morgan fingerprint density at radius 2 is 1.50 bits per heavy atom. The van der Waals surface area contributed by atoms with Gasteiger partial charge in [0.05, 0.1) is 5.69 Å². The number of pyridine rings is 1. The first-order valence-electron chi connectivity index (χ1n) is 9.32. The number of benzene rings is 2. The number of halogens is 1. The number of carbonyl (C=O) groups excluding carboxylic acids is 1. The molecule has 3 aromatic rings. The van der Waals surface area contributed by atoms with Gasteiger partial charge in [0.15, 0.2) is 5.60 Å². The second-order valence-electron chi connectivity index (χ2n) is 7.05. The standard InChI is InChI=1S/C23H21BrN2O2/c24-20-11-12-21(25-15-20)23(13-14-23)28-22(27)26(16-18-7-3-1-4-8-18)17-19-9-5-2-6-10-19/h1-12,15H,13-14,16-17H2. The average Bonchev–Trinajstić information content (AvgIpc) is 3.50. The number of rotatable bonds is 6. The third kappa shape index (κ3) is 4.42. The fourth-order valence-corrected chi connectivity index (χ4v) is 3.43. The van der Waals surface area contributed by atoms with E-state index in [2.05, 4.69) is 20.9 Å². The van der Waals surface area contributed by atoms with E-state index in [0.717, 1.165) is 34.1 Å². The third-order valence-electron chi connectivity index (χ3n) is 4.87. The topological polar surface area (TPSA) is 42.4 Å². The zero-order valence-electron chi connectivity index (χ0n) is 15.4. The molecule has 0 unspecified atom stereocenters. The number of ether oxygens (including phenoxy) is 1. The van der Waals surface area contributed by atoms with Gasteiger partial charge in [-0.25, -0.2) is 4.79 Å². The molecular weight excluding hydrogens is 416 g/mol. The summed E-state index contributed by atoms with van der Waals surface area (Å²) in [6.45, 7) is 0.997. The van der Waals surface area contributed by atoms with Crippen LogP contribution < -0.4 is 0 Å². The average molecular weight is 437 g/mol. The number of amides is 1. The maximum absolute atomic E-state index is 13.1. The first-order valence-corrected chi connectivity index (χ1v) is 10.1. The molecule has 0 atom stereocenters. The Bertz CT molecular complexity index is 884. The lowest BCUT2D eigenvalue weighted by molar-refractivity contribution is 0.0423. The lowest BCUT2D eigenvalue weighted by Gasteiger charge is -2.26. The molecule has 1 aromatic heterocycles. The largest absolute Gasteiger partial charge is 0.436 e. The molecule has 1 fully saturated rings. The quantitative estimate of drug-likeness (QED) is 0.499. The fourth-order valence-electron chi connectivity index (χ4n) is 3.19. The van der Waals surface area contributed by atoms with Gasteiger partial charge in [-0.1, -0.05) is 60.7 Å². The molecule has 4 rings (SSSR count). The van der Waals surface area contributed by atoms with Crippen LogP contribution in [0.5, 0.6) is 0 Å². The van der Waals surface area contributed by atoms with E-state index < -0.39 is 5.60 Å². The Kier molecular flexibility index (Phi) is 5.44. The van der Waals surface area contributed by atoms with Gasteiger partial charge < -0.3 is 4.74 Å². The molecule has 1 heterocycles. The number of carbonyl (C=O) groups is 1. The van der Waals surface area contributed by atoms with Gasteiger partial charge in [-0.2, -0.15) is 0 Å². The van der Waals surface area contributed by atoms with Crippen LogP contribution in [0.25, 0.3) is 0 Å². The minimum atomic E-state index is -0.594. The summed E-state index contributed by atoms with van der Waals surface area (Å²) in [4.78, 5) is 19.3. The molecule has 0 bridgehead atoms. The van der Waals surface area contributed by atoms with Crippen LogP contribution in [0.15, 0.2) is 83.5 Å². The minimum Gasteiger partial charge on any atom is -0.436 e. The van der Waals surface area contributed by atoms with E-state index in [9.17, 15) is 4.79 Å².